The van der Waals surface area contributed by atoms with E-state index >= 15 is 0 Å². The molecule has 2 aromatic carbocycles. The average molecular weight is 760 g/mol. The summed E-state index contributed by atoms with van der Waals surface area (Å²) in [7, 11) is -9.93. The second-order valence-corrected chi connectivity index (χ2v) is 14.7. The highest BCUT2D eigenvalue weighted by molar-refractivity contribution is 8.45. The number of halogens is 5. The Balaban J connectivity index is 1.25. The van der Waals surface area contributed by atoms with Crippen molar-refractivity contribution in [1.82, 2.24) is 34.0 Å². The van der Waals surface area contributed by atoms with Crippen LogP contribution in [0.15, 0.2) is 75.2 Å². The number of aryl methyl sites for hydroxylation is 1. The fourth-order valence-electron chi connectivity index (χ4n) is 6.19. The van der Waals surface area contributed by atoms with Crippen molar-refractivity contribution >= 4 is 50.2 Å². The fraction of sp³-hybridized carbons (Fsp3) is 0.242. The number of fused-ring (bicyclic) bond motifs is 2. The van der Waals surface area contributed by atoms with Crippen molar-refractivity contribution in [3.63, 3.8) is 0 Å². The van der Waals surface area contributed by atoms with E-state index in [1.807, 2.05) is 0 Å². The Morgan fingerprint density at radius 3 is 2.38 bits per heavy atom. The first kappa shape index (κ1) is 35.4. The molecule has 0 aliphatic carbocycles. The lowest BCUT2D eigenvalue weighted by Crippen LogP contribution is -2.51. The minimum atomic E-state index is -9.93. The Hall–Kier alpha value is -6.05. The fourth-order valence-corrected chi connectivity index (χ4v) is 6.84. The van der Waals surface area contributed by atoms with Crippen molar-refractivity contribution in [2.24, 2.45) is 0 Å². The average Bonchev–Trinajstić information content (AvgIpc) is 3.77. The standard InChI is InChI=1S/C33H30F5N9O5S/c1-3-24-28(44-11-13-45(14-12-44)31(50)27-29(49)19(2)39-18-40-27)32(51)47-33(42-30(43-47)21-5-4-20-10-15-52-25(20)16-21)46(24)17-26(48)41-22-6-8-23(9-7-22)53(34,35,36,37)38/h4-10,15-16,18,49H,3,11-14,17H2,1-2H3,(H,41,48). The Morgan fingerprint density at radius 2 is 1.70 bits per heavy atom. The molecule has 1 saturated heterocycles. The molecule has 278 valence electrons. The Kier molecular flexibility index (Phi) is 8.01. The maximum absolute atomic E-state index is 14.2. The first-order valence-corrected chi connectivity index (χ1v) is 18.1. The van der Waals surface area contributed by atoms with Gasteiger partial charge in [-0.05, 0) is 49.7 Å². The topological polar surface area (TPSA) is 164 Å². The second-order valence-electron chi connectivity index (χ2n) is 12.3. The number of nitrogens with one attached hydrogen (secondary N) is 1. The zero-order chi connectivity index (χ0) is 37.9. The van der Waals surface area contributed by atoms with Crippen molar-refractivity contribution in [3.8, 4) is 17.1 Å². The smallest absolute Gasteiger partial charge is 0.310 e. The predicted octanol–water partition coefficient (Wildman–Crippen LogP) is 5.93. The number of hydrogen-bond donors (Lipinski definition) is 2. The molecule has 2 N–H and O–H groups in total. The van der Waals surface area contributed by atoms with Crippen molar-refractivity contribution in [3.05, 3.63) is 88.6 Å². The van der Waals surface area contributed by atoms with Gasteiger partial charge in [-0.15, -0.1) is 5.10 Å². The summed E-state index contributed by atoms with van der Waals surface area (Å²) in [6.45, 7) is 3.42. The van der Waals surface area contributed by atoms with Crippen LogP contribution in [0.1, 0.15) is 28.8 Å². The van der Waals surface area contributed by atoms with Gasteiger partial charge in [0.25, 0.3) is 11.5 Å². The molecule has 1 aliphatic heterocycles. The van der Waals surface area contributed by atoms with E-state index in [4.69, 9.17) is 4.42 Å². The molecule has 0 atom stereocenters. The molecule has 7 rings (SSSR count). The molecule has 1 aliphatic rings. The molecule has 0 saturated carbocycles. The van der Waals surface area contributed by atoms with Crippen LogP contribution in [0, 0.1) is 6.92 Å². The summed E-state index contributed by atoms with van der Waals surface area (Å²) < 4.78 is 74.3. The lowest BCUT2D eigenvalue weighted by Gasteiger charge is -2.40. The molecule has 5 heterocycles. The van der Waals surface area contributed by atoms with Crippen LogP contribution in [0.2, 0.25) is 0 Å². The summed E-state index contributed by atoms with van der Waals surface area (Å²) in [6.07, 6.45) is 2.90. The van der Waals surface area contributed by atoms with E-state index in [0.717, 1.165) is 22.0 Å². The third-order valence-electron chi connectivity index (χ3n) is 8.85. The lowest BCUT2D eigenvalue weighted by atomic mass is 10.1. The third-order valence-corrected chi connectivity index (χ3v) is 10.0. The van der Waals surface area contributed by atoms with Crippen LogP contribution in [-0.2, 0) is 17.8 Å². The van der Waals surface area contributed by atoms with E-state index in [1.54, 1.807) is 36.1 Å². The molecule has 0 bridgehead atoms. The highest BCUT2D eigenvalue weighted by Gasteiger charge is 2.65. The van der Waals surface area contributed by atoms with Gasteiger partial charge in [0.2, 0.25) is 11.7 Å². The molecule has 53 heavy (non-hydrogen) atoms. The first-order chi connectivity index (χ1) is 24.9. The summed E-state index contributed by atoms with van der Waals surface area (Å²) in [6, 6.07) is 8.82. The number of piperazine rings is 1. The van der Waals surface area contributed by atoms with Crippen molar-refractivity contribution < 1.29 is 38.5 Å². The Bertz CT molecular complexity index is 2500. The molecular weight excluding hydrogens is 729 g/mol. The van der Waals surface area contributed by atoms with Crippen molar-refractivity contribution in [2.75, 3.05) is 36.4 Å². The normalized spacial score (nSPS) is 15.1. The number of furan rings is 1. The van der Waals surface area contributed by atoms with Gasteiger partial charge in [-0.3, -0.25) is 14.4 Å². The molecule has 0 unspecified atom stereocenters. The molecule has 6 aromatic rings. The number of rotatable bonds is 8. The van der Waals surface area contributed by atoms with E-state index in [2.05, 4.69) is 25.4 Å². The van der Waals surface area contributed by atoms with Crippen LogP contribution >= 0.6 is 10.2 Å². The highest BCUT2D eigenvalue weighted by atomic mass is 32.5. The van der Waals surface area contributed by atoms with Crippen molar-refractivity contribution in [2.45, 2.75) is 31.7 Å². The molecule has 1 fully saturated rings. The number of carbonyl (C=O) groups excluding carboxylic acids is 2. The van der Waals surface area contributed by atoms with Crippen LogP contribution in [0.4, 0.5) is 30.8 Å². The predicted molar refractivity (Wildman–Crippen MR) is 185 cm³/mol. The SMILES string of the molecule is CCc1c(N2CCN(C(=O)c3ncnc(C)c3O)CC2)c(=O)n2nc(-c3ccc4ccoc4c3)nc2n1CC(=O)Nc1ccc(S(F)(F)(F)(F)F)cc1. The van der Waals surface area contributed by atoms with Crippen LogP contribution in [0.3, 0.4) is 0 Å². The van der Waals surface area contributed by atoms with Gasteiger partial charge in [0.15, 0.2) is 17.3 Å². The number of hydrogen-bond acceptors (Lipinski definition) is 10. The molecule has 0 spiro atoms. The van der Waals surface area contributed by atoms with Crippen LogP contribution in [-0.4, -0.2) is 77.1 Å². The minimum absolute atomic E-state index is 0.0139. The maximum atomic E-state index is 14.2. The zero-order valence-corrected chi connectivity index (χ0v) is 28.8. The molecular formula is C33H30F5N9O5S. The lowest BCUT2D eigenvalue weighted by molar-refractivity contribution is -0.116. The highest BCUT2D eigenvalue weighted by Crippen LogP contribution is 3.02. The number of amides is 2. The summed E-state index contributed by atoms with van der Waals surface area (Å²) >= 11 is 0. The number of carbonyl (C=O) groups is 2. The largest absolute Gasteiger partial charge is 0.504 e. The quantitative estimate of drug-likeness (QED) is 0.178. The molecule has 0 radical (unpaired) electrons. The van der Waals surface area contributed by atoms with Gasteiger partial charge in [-0.2, -0.15) is 9.50 Å². The van der Waals surface area contributed by atoms with Gasteiger partial charge in [-0.25, -0.2) is 9.97 Å². The Morgan fingerprint density at radius 1 is 0.981 bits per heavy atom. The number of nitrogens with zero attached hydrogens (tertiary/aromatic N) is 8. The summed E-state index contributed by atoms with van der Waals surface area (Å²) in [5, 5.41) is 18.1. The summed E-state index contributed by atoms with van der Waals surface area (Å²) in [4.78, 5) is 54.5. The number of anilines is 2. The van der Waals surface area contributed by atoms with Gasteiger partial charge < -0.3 is 29.2 Å². The Labute approximate surface area is 296 Å². The number of aromatic hydroxyl groups is 1. The minimum Gasteiger partial charge on any atom is -0.504 e. The van der Waals surface area contributed by atoms with Crippen LogP contribution in [0.5, 0.6) is 5.75 Å². The van der Waals surface area contributed by atoms with E-state index < -0.39 is 39.0 Å². The number of aromatic nitrogens is 6. The van der Waals surface area contributed by atoms with Crippen LogP contribution in [0.25, 0.3) is 28.1 Å². The van der Waals surface area contributed by atoms with E-state index in [1.165, 1.54) is 29.0 Å². The van der Waals surface area contributed by atoms with E-state index in [9.17, 15) is 38.9 Å². The summed E-state index contributed by atoms with van der Waals surface area (Å²) in [5.41, 5.74) is 0.964. The van der Waals surface area contributed by atoms with E-state index in [0.29, 0.717) is 16.8 Å². The van der Waals surface area contributed by atoms with Crippen LogP contribution < -0.4 is 15.8 Å². The molecule has 20 heteroatoms. The third kappa shape index (κ3) is 6.72. The maximum Gasteiger partial charge on any atom is 0.310 e. The van der Waals surface area contributed by atoms with Gasteiger partial charge in [0, 0.05) is 42.8 Å². The van der Waals surface area contributed by atoms with Gasteiger partial charge in [0.1, 0.15) is 29.0 Å². The molecule has 4 aromatic heterocycles. The van der Waals surface area contributed by atoms with Gasteiger partial charge in [0.05, 0.1) is 17.7 Å². The molecule has 2 amide bonds. The van der Waals surface area contributed by atoms with Gasteiger partial charge in [-0.1, -0.05) is 38.5 Å². The number of benzene rings is 2. The zero-order valence-electron chi connectivity index (χ0n) is 28.0. The van der Waals surface area contributed by atoms with Crippen molar-refractivity contribution in [1.29, 1.82) is 0 Å². The van der Waals surface area contributed by atoms with Gasteiger partial charge >= 0.3 is 10.2 Å². The van der Waals surface area contributed by atoms with E-state index in [-0.39, 0.29) is 84.8 Å². The first-order valence-electron chi connectivity index (χ1n) is 16.1. The molecule has 14 nitrogen and oxygen atoms in total. The second kappa shape index (κ2) is 12.0. The monoisotopic (exact) mass is 759 g/mol. The summed E-state index contributed by atoms with van der Waals surface area (Å²) in [5.74, 6) is -1.48.